The molecule has 20 heavy (non-hydrogen) atoms. The lowest BCUT2D eigenvalue weighted by Crippen LogP contribution is -2.19. The average molecular weight is 278 g/mol. The van der Waals surface area contributed by atoms with Crippen LogP contribution in [0.2, 0.25) is 0 Å². The number of aryl methyl sites for hydroxylation is 1. The van der Waals surface area contributed by atoms with Gasteiger partial charge >= 0.3 is 0 Å². The maximum Gasteiger partial charge on any atom is 0.243 e. The number of aromatic nitrogens is 4. The first-order chi connectivity index (χ1) is 9.62. The number of hydrazine groups is 1. The lowest BCUT2D eigenvalue weighted by molar-refractivity contribution is 0.465. The normalized spacial score (nSPS) is 10.4. The smallest absolute Gasteiger partial charge is 0.243 e. The molecule has 0 aliphatic heterocycles. The van der Waals surface area contributed by atoms with Crippen molar-refractivity contribution in [3.05, 3.63) is 17.8 Å². The van der Waals surface area contributed by atoms with Crippen molar-refractivity contribution in [1.82, 2.24) is 19.9 Å². The van der Waals surface area contributed by atoms with E-state index >= 15 is 0 Å². The molecule has 0 radical (unpaired) electrons. The van der Waals surface area contributed by atoms with E-state index in [0.717, 1.165) is 12.2 Å². The summed E-state index contributed by atoms with van der Waals surface area (Å²) in [6, 6.07) is 0. The van der Waals surface area contributed by atoms with Crippen LogP contribution in [0.25, 0.3) is 0 Å². The summed E-state index contributed by atoms with van der Waals surface area (Å²) in [7, 11) is 3.67. The van der Waals surface area contributed by atoms with Crippen molar-refractivity contribution in [1.29, 1.82) is 0 Å². The molecule has 2 aromatic heterocycles. The van der Waals surface area contributed by atoms with Crippen molar-refractivity contribution in [2.45, 2.75) is 19.9 Å². The summed E-state index contributed by atoms with van der Waals surface area (Å²) in [6.07, 6.45) is 2.52. The van der Waals surface area contributed by atoms with E-state index in [4.69, 9.17) is 10.3 Å². The second kappa shape index (κ2) is 6.15. The van der Waals surface area contributed by atoms with Gasteiger partial charge in [-0.3, -0.25) is 5.43 Å². The molecule has 0 atom stereocenters. The summed E-state index contributed by atoms with van der Waals surface area (Å²) in [5.74, 6) is 7.94. The Morgan fingerprint density at radius 2 is 2.00 bits per heavy atom. The number of rotatable bonds is 6. The van der Waals surface area contributed by atoms with Crippen LogP contribution in [0.5, 0.6) is 0 Å². The number of nitrogens with zero attached hydrogens (tertiary/aromatic N) is 5. The topological polar surface area (TPSA) is 118 Å². The van der Waals surface area contributed by atoms with Crippen LogP contribution in [0.15, 0.2) is 10.6 Å². The van der Waals surface area contributed by atoms with Crippen LogP contribution in [0.3, 0.4) is 0 Å². The van der Waals surface area contributed by atoms with Crippen LogP contribution in [0.4, 0.5) is 17.8 Å². The molecule has 4 N–H and O–H groups in total. The van der Waals surface area contributed by atoms with Crippen molar-refractivity contribution in [3.8, 4) is 0 Å². The maximum absolute atomic E-state index is 5.49. The molecule has 0 fully saturated rings. The first-order valence-electron chi connectivity index (χ1n) is 6.19. The first kappa shape index (κ1) is 14.0. The van der Waals surface area contributed by atoms with Crippen molar-refractivity contribution >= 4 is 17.8 Å². The molecule has 0 saturated carbocycles. The molecule has 0 unspecified atom stereocenters. The van der Waals surface area contributed by atoms with Crippen LogP contribution >= 0.6 is 0 Å². The molecule has 0 aliphatic carbocycles. The van der Waals surface area contributed by atoms with Gasteiger partial charge in [-0.15, -0.1) is 0 Å². The third-order valence-electron chi connectivity index (χ3n) is 2.50. The molecule has 0 bridgehead atoms. The summed E-state index contributed by atoms with van der Waals surface area (Å²) >= 11 is 0. The number of anilines is 3. The highest BCUT2D eigenvalue weighted by Crippen LogP contribution is 2.12. The standard InChI is InChI=1S/C11H18N8O/c1-4-7-5-13-8(20-7)6-14-9-15-10(18-12)17-11(16-9)19(2)3/h5H,4,6,12H2,1-3H3,(H2,14,15,16,17,18). The molecule has 9 heteroatoms. The monoisotopic (exact) mass is 278 g/mol. The largest absolute Gasteiger partial charge is 0.444 e. The highest BCUT2D eigenvalue weighted by molar-refractivity contribution is 5.42. The average Bonchev–Trinajstić information content (AvgIpc) is 2.92. The van der Waals surface area contributed by atoms with Gasteiger partial charge in [0.25, 0.3) is 0 Å². The quantitative estimate of drug-likeness (QED) is 0.509. The van der Waals surface area contributed by atoms with E-state index in [0.29, 0.717) is 24.3 Å². The minimum Gasteiger partial charge on any atom is -0.444 e. The molecule has 2 heterocycles. The van der Waals surface area contributed by atoms with Crippen LogP contribution in [-0.4, -0.2) is 34.0 Å². The van der Waals surface area contributed by atoms with Gasteiger partial charge < -0.3 is 14.6 Å². The lowest BCUT2D eigenvalue weighted by atomic mass is 10.4. The van der Waals surface area contributed by atoms with Gasteiger partial charge in [-0.05, 0) is 0 Å². The van der Waals surface area contributed by atoms with Gasteiger partial charge in [0, 0.05) is 20.5 Å². The predicted molar refractivity (Wildman–Crippen MR) is 75.2 cm³/mol. The summed E-state index contributed by atoms with van der Waals surface area (Å²) < 4.78 is 5.49. The molecule has 2 aromatic rings. The molecule has 0 aliphatic rings. The number of nitrogen functional groups attached to an aromatic ring is 1. The van der Waals surface area contributed by atoms with Crippen LogP contribution < -0.4 is 21.5 Å². The Labute approximate surface area is 116 Å². The zero-order valence-corrected chi connectivity index (χ0v) is 11.7. The number of nitrogens with one attached hydrogen (secondary N) is 2. The van der Waals surface area contributed by atoms with Gasteiger partial charge in [-0.2, -0.15) is 15.0 Å². The van der Waals surface area contributed by atoms with Gasteiger partial charge in [0.1, 0.15) is 5.76 Å². The van der Waals surface area contributed by atoms with Crippen LogP contribution in [-0.2, 0) is 13.0 Å². The lowest BCUT2D eigenvalue weighted by Gasteiger charge is -2.12. The Balaban J connectivity index is 2.10. The molecular weight excluding hydrogens is 260 g/mol. The fraction of sp³-hybridized carbons (Fsp3) is 0.455. The Bertz CT molecular complexity index is 567. The third-order valence-corrected chi connectivity index (χ3v) is 2.50. The molecule has 2 rings (SSSR count). The first-order valence-corrected chi connectivity index (χ1v) is 6.19. The van der Waals surface area contributed by atoms with Gasteiger partial charge in [-0.1, -0.05) is 6.92 Å². The Kier molecular flexibility index (Phi) is 4.31. The van der Waals surface area contributed by atoms with E-state index in [1.54, 1.807) is 11.1 Å². The molecular formula is C11H18N8O. The van der Waals surface area contributed by atoms with Crippen molar-refractivity contribution < 1.29 is 4.42 Å². The third kappa shape index (κ3) is 3.32. The van der Waals surface area contributed by atoms with Crippen LogP contribution in [0.1, 0.15) is 18.6 Å². The fourth-order valence-corrected chi connectivity index (χ4v) is 1.46. The Morgan fingerprint density at radius 1 is 1.25 bits per heavy atom. The maximum atomic E-state index is 5.49. The van der Waals surface area contributed by atoms with E-state index in [-0.39, 0.29) is 5.95 Å². The summed E-state index contributed by atoms with van der Waals surface area (Å²) in [5, 5.41) is 3.03. The van der Waals surface area contributed by atoms with E-state index in [2.05, 4.69) is 30.7 Å². The van der Waals surface area contributed by atoms with E-state index in [1.165, 1.54) is 0 Å². The predicted octanol–water partition coefficient (Wildman–Crippen LogP) is 0.386. The summed E-state index contributed by atoms with van der Waals surface area (Å²) in [6.45, 7) is 2.40. The van der Waals surface area contributed by atoms with Gasteiger partial charge in [0.2, 0.25) is 23.7 Å². The SMILES string of the molecule is CCc1cnc(CNc2nc(NN)nc(N(C)C)n2)o1. The zero-order chi connectivity index (χ0) is 14.5. The fourth-order valence-electron chi connectivity index (χ4n) is 1.46. The number of hydrogen-bond donors (Lipinski definition) is 3. The van der Waals surface area contributed by atoms with Gasteiger partial charge in [0.15, 0.2) is 0 Å². The number of oxazole rings is 1. The molecule has 0 saturated heterocycles. The second-order valence-corrected chi connectivity index (χ2v) is 4.25. The molecule has 0 amide bonds. The van der Waals surface area contributed by atoms with Crippen molar-refractivity contribution in [2.24, 2.45) is 5.84 Å². The molecule has 0 spiro atoms. The molecule has 0 aromatic carbocycles. The van der Waals surface area contributed by atoms with E-state index in [1.807, 2.05) is 21.0 Å². The minimum absolute atomic E-state index is 0.285. The minimum atomic E-state index is 0.285. The summed E-state index contributed by atoms with van der Waals surface area (Å²) in [5.41, 5.74) is 2.41. The van der Waals surface area contributed by atoms with Crippen molar-refractivity contribution in [3.63, 3.8) is 0 Å². The van der Waals surface area contributed by atoms with Crippen molar-refractivity contribution in [2.75, 3.05) is 29.7 Å². The van der Waals surface area contributed by atoms with Gasteiger partial charge in [-0.25, -0.2) is 10.8 Å². The number of nitrogens with two attached hydrogens (primary N) is 1. The van der Waals surface area contributed by atoms with E-state index in [9.17, 15) is 0 Å². The molecule has 9 nitrogen and oxygen atoms in total. The Hall–Kier alpha value is -2.42. The summed E-state index contributed by atoms with van der Waals surface area (Å²) in [4.78, 5) is 18.4. The number of hydrogen-bond acceptors (Lipinski definition) is 9. The highest BCUT2D eigenvalue weighted by atomic mass is 16.4. The Morgan fingerprint density at radius 3 is 2.60 bits per heavy atom. The van der Waals surface area contributed by atoms with Crippen LogP contribution in [0, 0.1) is 0 Å². The molecule has 108 valence electrons. The highest BCUT2D eigenvalue weighted by Gasteiger charge is 2.08. The van der Waals surface area contributed by atoms with Gasteiger partial charge in [0.05, 0.1) is 12.7 Å². The zero-order valence-electron chi connectivity index (χ0n) is 11.7. The second-order valence-electron chi connectivity index (χ2n) is 4.25. The van der Waals surface area contributed by atoms with E-state index < -0.39 is 0 Å².